The minimum atomic E-state index is -0.637. The lowest BCUT2D eigenvalue weighted by atomic mass is 9.80. The van der Waals surface area contributed by atoms with Crippen LogP contribution in [0.2, 0.25) is 0 Å². The van der Waals surface area contributed by atoms with E-state index < -0.39 is 5.60 Å². The molecule has 15 heavy (non-hydrogen) atoms. The maximum atomic E-state index is 11.6. The van der Waals surface area contributed by atoms with E-state index in [0.29, 0.717) is 6.54 Å². The molecule has 3 nitrogen and oxygen atoms in total. The topological polar surface area (TPSA) is 49.3 Å². The number of nitrogens with one attached hydrogen (secondary N) is 1. The van der Waals surface area contributed by atoms with E-state index in [2.05, 4.69) is 5.32 Å². The van der Waals surface area contributed by atoms with Crippen LogP contribution in [0.5, 0.6) is 0 Å². The number of rotatable bonds is 3. The highest BCUT2D eigenvalue weighted by atomic mass is 32.1. The van der Waals surface area contributed by atoms with Crippen LogP contribution in [0.15, 0.2) is 12.1 Å². The predicted molar refractivity (Wildman–Crippen MR) is 60.2 cm³/mol. The lowest BCUT2D eigenvalue weighted by Crippen LogP contribution is -2.47. The molecule has 0 atom stereocenters. The molecule has 1 aliphatic carbocycles. The zero-order valence-corrected chi connectivity index (χ0v) is 9.56. The Morgan fingerprint density at radius 3 is 2.80 bits per heavy atom. The van der Waals surface area contributed by atoms with Crippen molar-refractivity contribution in [2.75, 3.05) is 6.54 Å². The summed E-state index contributed by atoms with van der Waals surface area (Å²) < 4.78 is 0. The monoisotopic (exact) mass is 225 g/mol. The van der Waals surface area contributed by atoms with Crippen molar-refractivity contribution in [1.29, 1.82) is 0 Å². The fraction of sp³-hybridized carbons (Fsp3) is 0.545. The van der Waals surface area contributed by atoms with Crippen LogP contribution in [-0.2, 0) is 0 Å². The van der Waals surface area contributed by atoms with Gasteiger partial charge in [0.1, 0.15) is 0 Å². The Morgan fingerprint density at radius 1 is 1.60 bits per heavy atom. The molecule has 82 valence electrons. The van der Waals surface area contributed by atoms with Crippen molar-refractivity contribution >= 4 is 17.2 Å². The average molecular weight is 225 g/mol. The van der Waals surface area contributed by atoms with Gasteiger partial charge >= 0.3 is 0 Å². The summed E-state index contributed by atoms with van der Waals surface area (Å²) >= 11 is 1.48. The number of aryl methyl sites for hydroxylation is 1. The molecule has 0 bridgehead atoms. The summed E-state index contributed by atoms with van der Waals surface area (Å²) in [6, 6.07) is 3.75. The largest absolute Gasteiger partial charge is 0.388 e. The molecule has 1 aliphatic rings. The van der Waals surface area contributed by atoms with Crippen molar-refractivity contribution in [3.8, 4) is 0 Å². The van der Waals surface area contributed by atoms with Gasteiger partial charge in [-0.05, 0) is 38.3 Å². The maximum absolute atomic E-state index is 11.6. The molecule has 0 spiro atoms. The third-order valence-corrected chi connectivity index (χ3v) is 3.83. The van der Waals surface area contributed by atoms with Crippen LogP contribution in [0.25, 0.3) is 0 Å². The summed E-state index contributed by atoms with van der Waals surface area (Å²) in [6.45, 7) is 2.35. The number of carbonyl (C=O) groups is 1. The fourth-order valence-electron chi connectivity index (χ4n) is 1.65. The molecular weight excluding hydrogens is 210 g/mol. The smallest absolute Gasteiger partial charge is 0.261 e. The highest BCUT2D eigenvalue weighted by molar-refractivity contribution is 7.13. The van der Waals surface area contributed by atoms with Gasteiger partial charge in [0.15, 0.2) is 0 Å². The molecule has 4 heteroatoms. The standard InChI is InChI=1S/C11H15NO2S/c1-8-3-4-9(15-8)10(13)12-7-11(14)5-2-6-11/h3-4,14H,2,5-7H2,1H3,(H,12,13). The maximum Gasteiger partial charge on any atom is 0.261 e. The van der Waals surface area contributed by atoms with E-state index in [0.717, 1.165) is 29.0 Å². The summed E-state index contributed by atoms with van der Waals surface area (Å²) in [7, 11) is 0. The van der Waals surface area contributed by atoms with Gasteiger partial charge in [0.25, 0.3) is 5.91 Å². The van der Waals surface area contributed by atoms with Gasteiger partial charge in [-0.1, -0.05) is 0 Å². The predicted octanol–water partition coefficient (Wildman–Crippen LogP) is 1.70. The molecule has 1 aromatic rings. The van der Waals surface area contributed by atoms with Gasteiger partial charge in [0.05, 0.1) is 10.5 Å². The van der Waals surface area contributed by atoms with Gasteiger partial charge in [-0.25, -0.2) is 0 Å². The molecule has 0 unspecified atom stereocenters. The average Bonchev–Trinajstić information content (AvgIpc) is 2.58. The Bertz CT molecular complexity index is 368. The first-order valence-corrected chi connectivity index (χ1v) is 5.98. The number of amides is 1. The number of thiophene rings is 1. The number of hydrogen-bond donors (Lipinski definition) is 2. The normalized spacial score (nSPS) is 18.3. The summed E-state index contributed by atoms with van der Waals surface area (Å²) in [5, 5.41) is 12.6. The van der Waals surface area contributed by atoms with Gasteiger partial charge in [-0.2, -0.15) is 0 Å². The third-order valence-electron chi connectivity index (χ3n) is 2.83. The van der Waals surface area contributed by atoms with Crippen LogP contribution in [-0.4, -0.2) is 23.2 Å². The Balaban J connectivity index is 1.87. The zero-order chi connectivity index (χ0) is 10.9. The summed E-state index contributed by atoms with van der Waals surface area (Å²) in [5.41, 5.74) is -0.637. The van der Waals surface area contributed by atoms with Crippen LogP contribution in [0, 0.1) is 6.92 Å². The second kappa shape index (κ2) is 3.94. The molecule has 1 heterocycles. The Kier molecular flexibility index (Phi) is 2.80. The molecule has 0 aromatic carbocycles. The Hall–Kier alpha value is -0.870. The van der Waals surface area contributed by atoms with Crippen molar-refractivity contribution in [3.05, 3.63) is 21.9 Å². The van der Waals surface area contributed by atoms with Gasteiger partial charge in [0.2, 0.25) is 0 Å². The summed E-state index contributed by atoms with van der Waals surface area (Å²) in [5.74, 6) is -0.0755. The first-order valence-electron chi connectivity index (χ1n) is 5.16. The summed E-state index contributed by atoms with van der Waals surface area (Å²) in [4.78, 5) is 13.5. The number of hydrogen-bond acceptors (Lipinski definition) is 3. The van der Waals surface area contributed by atoms with E-state index >= 15 is 0 Å². The first kappa shape index (κ1) is 10.6. The van der Waals surface area contributed by atoms with Crippen molar-refractivity contribution in [2.24, 2.45) is 0 Å². The second-order valence-electron chi connectivity index (χ2n) is 4.17. The van der Waals surface area contributed by atoms with Crippen LogP contribution in [0.3, 0.4) is 0 Å². The molecule has 2 N–H and O–H groups in total. The minimum absolute atomic E-state index is 0.0755. The van der Waals surface area contributed by atoms with E-state index in [9.17, 15) is 9.90 Å². The quantitative estimate of drug-likeness (QED) is 0.822. The summed E-state index contributed by atoms with van der Waals surface area (Å²) in [6.07, 6.45) is 2.66. The van der Waals surface area contributed by atoms with Gasteiger partial charge in [0, 0.05) is 11.4 Å². The molecule has 0 saturated heterocycles. The number of carbonyl (C=O) groups excluding carboxylic acids is 1. The van der Waals surface area contributed by atoms with Crippen LogP contribution < -0.4 is 5.32 Å². The van der Waals surface area contributed by atoms with Crippen molar-refractivity contribution < 1.29 is 9.90 Å². The fourth-order valence-corrected chi connectivity index (χ4v) is 2.43. The highest BCUT2D eigenvalue weighted by Crippen LogP contribution is 2.30. The molecule has 0 radical (unpaired) electrons. The lowest BCUT2D eigenvalue weighted by molar-refractivity contribution is -0.0300. The van der Waals surface area contributed by atoms with Crippen LogP contribution in [0.4, 0.5) is 0 Å². The van der Waals surface area contributed by atoms with Crippen molar-refractivity contribution in [1.82, 2.24) is 5.32 Å². The first-order chi connectivity index (χ1) is 7.09. The van der Waals surface area contributed by atoms with Crippen LogP contribution >= 0.6 is 11.3 Å². The Morgan fingerprint density at radius 2 is 2.33 bits per heavy atom. The lowest BCUT2D eigenvalue weighted by Gasteiger charge is -2.36. The van der Waals surface area contributed by atoms with Crippen molar-refractivity contribution in [2.45, 2.75) is 31.8 Å². The van der Waals surface area contributed by atoms with E-state index in [1.165, 1.54) is 11.3 Å². The Labute approximate surface area is 93.1 Å². The van der Waals surface area contributed by atoms with Crippen molar-refractivity contribution in [3.63, 3.8) is 0 Å². The van der Waals surface area contributed by atoms with Crippen LogP contribution in [0.1, 0.15) is 33.8 Å². The SMILES string of the molecule is Cc1ccc(C(=O)NCC2(O)CCC2)s1. The molecular formula is C11H15NO2S. The van der Waals surface area contributed by atoms with E-state index in [-0.39, 0.29) is 5.91 Å². The van der Waals surface area contributed by atoms with Gasteiger partial charge in [-0.3, -0.25) is 4.79 Å². The second-order valence-corrected chi connectivity index (χ2v) is 5.46. The zero-order valence-electron chi connectivity index (χ0n) is 8.75. The van der Waals surface area contributed by atoms with E-state index in [1.807, 2.05) is 19.1 Å². The molecule has 1 amide bonds. The van der Waals surface area contributed by atoms with Gasteiger partial charge < -0.3 is 10.4 Å². The minimum Gasteiger partial charge on any atom is -0.388 e. The third kappa shape index (κ3) is 2.38. The van der Waals surface area contributed by atoms with Gasteiger partial charge in [-0.15, -0.1) is 11.3 Å². The number of aliphatic hydroxyl groups is 1. The molecule has 1 fully saturated rings. The molecule has 0 aliphatic heterocycles. The van der Waals surface area contributed by atoms with E-state index in [4.69, 9.17) is 0 Å². The highest BCUT2D eigenvalue weighted by Gasteiger charge is 2.34. The molecule has 1 aromatic heterocycles. The molecule has 1 saturated carbocycles. The molecule has 2 rings (SSSR count). The van der Waals surface area contributed by atoms with E-state index in [1.54, 1.807) is 0 Å².